The van der Waals surface area contributed by atoms with E-state index in [1.165, 1.54) is 22.1 Å². The van der Waals surface area contributed by atoms with E-state index >= 15 is 0 Å². The SMILES string of the molecule is Cc1c(F)cccc1Cc1csc(CNC(=O)n2nnc3ccccc32)n1. The molecular weight excluding hydrogens is 365 g/mol. The van der Waals surface area contributed by atoms with Crippen LogP contribution in [-0.2, 0) is 13.0 Å². The van der Waals surface area contributed by atoms with Gasteiger partial charge in [-0.05, 0) is 36.2 Å². The Bertz CT molecular complexity index is 1120. The first-order valence-electron chi connectivity index (χ1n) is 8.38. The van der Waals surface area contributed by atoms with Crippen LogP contribution in [-0.4, -0.2) is 26.0 Å². The van der Waals surface area contributed by atoms with Gasteiger partial charge in [-0.15, -0.1) is 16.4 Å². The Kier molecular flexibility index (Phi) is 4.64. The molecule has 2 heterocycles. The molecule has 2 aromatic heterocycles. The first kappa shape index (κ1) is 17.3. The summed E-state index contributed by atoms with van der Waals surface area (Å²) in [6.07, 6.45) is 0.557. The van der Waals surface area contributed by atoms with Crippen LogP contribution in [0, 0.1) is 12.7 Å². The van der Waals surface area contributed by atoms with E-state index in [2.05, 4.69) is 20.6 Å². The number of hydrogen-bond donors (Lipinski definition) is 1. The van der Waals surface area contributed by atoms with E-state index in [0.717, 1.165) is 16.3 Å². The van der Waals surface area contributed by atoms with E-state index in [9.17, 15) is 9.18 Å². The third-order valence-corrected chi connectivity index (χ3v) is 5.18. The van der Waals surface area contributed by atoms with Gasteiger partial charge in [-0.3, -0.25) is 0 Å². The van der Waals surface area contributed by atoms with Crippen LogP contribution in [0.2, 0.25) is 0 Å². The molecule has 27 heavy (non-hydrogen) atoms. The highest BCUT2D eigenvalue weighted by Gasteiger charge is 2.12. The second-order valence-corrected chi connectivity index (χ2v) is 7.02. The van der Waals surface area contributed by atoms with Crippen LogP contribution in [0.5, 0.6) is 0 Å². The van der Waals surface area contributed by atoms with Gasteiger partial charge in [0.05, 0.1) is 17.8 Å². The molecule has 4 rings (SSSR count). The first-order valence-corrected chi connectivity index (χ1v) is 9.25. The fraction of sp³-hybridized carbons (Fsp3) is 0.158. The van der Waals surface area contributed by atoms with Crippen LogP contribution in [0.1, 0.15) is 21.8 Å². The summed E-state index contributed by atoms with van der Waals surface area (Å²) in [5.41, 5.74) is 3.71. The molecule has 0 fully saturated rings. The average Bonchev–Trinajstić information content (AvgIpc) is 3.30. The third-order valence-electron chi connectivity index (χ3n) is 4.29. The largest absolute Gasteiger partial charge is 0.344 e. The van der Waals surface area contributed by atoms with Gasteiger partial charge in [-0.25, -0.2) is 14.2 Å². The Morgan fingerprint density at radius 2 is 2.07 bits per heavy atom. The zero-order valence-corrected chi connectivity index (χ0v) is 15.3. The molecule has 0 unspecified atom stereocenters. The minimum Gasteiger partial charge on any atom is -0.330 e. The van der Waals surface area contributed by atoms with Gasteiger partial charge in [0.2, 0.25) is 0 Å². The molecule has 4 aromatic rings. The van der Waals surface area contributed by atoms with Crippen molar-refractivity contribution in [1.82, 2.24) is 25.3 Å². The highest BCUT2D eigenvalue weighted by Crippen LogP contribution is 2.18. The van der Waals surface area contributed by atoms with Crippen molar-refractivity contribution < 1.29 is 9.18 Å². The summed E-state index contributed by atoms with van der Waals surface area (Å²) in [7, 11) is 0. The van der Waals surface area contributed by atoms with Gasteiger partial charge in [0.1, 0.15) is 16.3 Å². The predicted octanol–water partition coefficient (Wildman–Crippen LogP) is 3.68. The molecule has 136 valence electrons. The Balaban J connectivity index is 1.42. The van der Waals surface area contributed by atoms with Crippen molar-refractivity contribution in [3.63, 3.8) is 0 Å². The maximum atomic E-state index is 13.7. The normalized spacial score (nSPS) is 11.0. The summed E-state index contributed by atoms with van der Waals surface area (Å²) in [5.74, 6) is -0.213. The van der Waals surface area contributed by atoms with Gasteiger partial charge in [-0.2, -0.15) is 4.68 Å². The lowest BCUT2D eigenvalue weighted by atomic mass is 10.0. The van der Waals surface area contributed by atoms with Gasteiger partial charge >= 0.3 is 6.03 Å². The lowest BCUT2D eigenvalue weighted by molar-refractivity contribution is 0.239. The fourth-order valence-electron chi connectivity index (χ4n) is 2.80. The van der Waals surface area contributed by atoms with E-state index in [4.69, 9.17) is 0 Å². The molecule has 8 heteroatoms. The second kappa shape index (κ2) is 7.24. The van der Waals surface area contributed by atoms with Crippen molar-refractivity contribution in [2.75, 3.05) is 0 Å². The number of thiazole rings is 1. The molecule has 1 N–H and O–H groups in total. The number of nitrogens with one attached hydrogen (secondary N) is 1. The topological polar surface area (TPSA) is 72.7 Å². The number of aromatic nitrogens is 4. The van der Waals surface area contributed by atoms with E-state index in [1.807, 2.05) is 23.6 Å². The molecule has 0 atom stereocenters. The molecule has 0 aliphatic carbocycles. The van der Waals surface area contributed by atoms with Gasteiger partial charge in [0.25, 0.3) is 0 Å². The Morgan fingerprint density at radius 3 is 2.96 bits per heavy atom. The Labute approximate surface area is 158 Å². The smallest absolute Gasteiger partial charge is 0.330 e. The highest BCUT2D eigenvalue weighted by molar-refractivity contribution is 7.09. The number of fused-ring (bicyclic) bond motifs is 1. The molecular formula is C19H16FN5OS. The summed E-state index contributed by atoms with van der Waals surface area (Å²) < 4.78 is 14.9. The number of amides is 1. The van der Waals surface area contributed by atoms with Crippen LogP contribution < -0.4 is 5.32 Å². The summed E-state index contributed by atoms with van der Waals surface area (Å²) in [5, 5.41) is 13.4. The summed E-state index contributed by atoms with van der Waals surface area (Å²) in [6, 6.07) is 12.0. The molecule has 0 bridgehead atoms. The summed E-state index contributed by atoms with van der Waals surface area (Å²) >= 11 is 1.46. The maximum Gasteiger partial charge on any atom is 0.344 e. The number of hydrogen-bond acceptors (Lipinski definition) is 5. The van der Waals surface area contributed by atoms with E-state index in [1.54, 1.807) is 25.1 Å². The molecule has 0 aliphatic heterocycles. The highest BCUT2D eigenvalue weighted by atomic mass is 32.1. The van der Waals surface area contributed by atoms with Crippen molar-refractivity contribution >= 4 is 28.4 Å². The van der Waals surface area contributed by atoms with Gasteiger partial charge in [0.15, 0.2) is 0 Å². The van der Waals surface area contributed by atoms with E-state index in [-0.39, 0.29) is 11.8 Å². The van der Waals surface area contributed by atoms with Crippen LogP contribution >= 0.6 is 11.3 Å². The minimum atomic E-state index is -0.360. The lowest BCUT2D eigenvalue weighted by Gasteiger charge is -2.04. The molecule has 2 aromatic carbocycles. The average molecular weight is 381 g/mol. The fourth-order valence-corrected chi connectivity index (χ4v) is 3.53. The lowest BCUT2D eigenvalue weighted by Crippen LogP contribution is -2.28. The second-order valence-electron chi connectivity index (χ2n) is 6.08. The van der Waals surface area contributed by atoms with Crippen LogP contribution in [0.4, 0.5) is 9.18 Å². The summed E-state index contributed by atoms with van der Waals surface area (Å²) in [4.78, 5) is 16.9. The Hall–Kier alpha value is -3.13. The molecule has 0 saturated carbocycles. The van der Waals surface area contributed by atoms with Gasteiger partial charge < -0.3 is 5.32 Å². The van der Waals surface area contributed by atoms with Crippen molar-refractivity contribution in [3.05, 3.63) is 75.5 Å². The van der Waals surface area contributed by atoms with E-state index < -0.39 is 0 Å². The minimum absolute atomic E-state index is 0.213. The number of halogens is 1. The van der Waals surface area contributed by atoms with Crippen molar-refractivity contribution in [2.45, 2.75) is 19.9 Å². The number of nitrogens with zero attached hydrogens (tertiary/aromatic N) is 4. The monoisotopic (exact) mass is 381 g/mol. The molecule has 0 saturated heterocycles. The van der Waals surface area contributed by atoms with Gasteiger partial charge in [-0.1, -0.05) is 29.5 Å². The summed E-state index contributed by atoms with van der Waals surface area (Å²) in [6.45, 7) is 2.06. The van der Waals surface area contributed by atoms with Gasteiger partial charge in [0, 0.05) is 11.8 Å². The molecule has 0 aliphatic rings. The Morgan fingerprint density at radius 1 is 1.22 bits per heavy atom. The maximum absolute atomic E-state index is 13.7. The zero-order chi connectivity index (χ0) is 18.8. The predicted molar refractivity (Wildman–Crippen MR) is 101 cm³/mol. The molecule has 0 radical (unpaired) electrons. The number of carbonyl (C=O) groups is 1. The number of para-hydroxylation sites is 1. The van der Waals surface area contributed by atoms with Crippen molar-refractivity contribution in [3.8, 4) is 0 Å². The standard InChI is InChI=1S/C19H16FN5OS/c1-12-13(5-4-6-15(12)20)9-14-11-27-18(22-14)10-21-19(26)25-17-8-3-2-7-16(17)23-24-25/h2-8,11H,9-10H2,1H3,(H,21,26). The zero-order valence-electron chi connectivity index (χ0n) is 14.5. The van der Waals surface area contributed by atoms with E-state index in [0.29, 0.717) is 29.6 Å². The molecule has 6 nitrogen and oxygen atoms in total. The van der Waals surface area contributed by atoms with Crippen LogP contribution in [0.25, 0.3) is 11.0 Å². The van der Waals surface area contributed by atoms with Crippen molar-refractivity contribution in [2.24, 2.45) is 0 Å². The molecule has 1 amide bonds. The quantitative estimate of drug-likeness (QED) is 0.585. The first-order chi connectivity index (χ1) is 13.1. The van der Waals surface area contributed by atoms with Crippen LogP contribution in [0.3, 0.4) is 0 Å². The number of carbonyl (C=O) groups excluding carboxylic acids is 1. The third kappa shape index (κ3) is 3.56. The van der Waals surface area contributed by atoms with Crippen LogP contribution in [0.15, 0.2) is 47.8 Å². The molecule has 0 spiro atoms. The number of benzene rings is 2. The van der Waals surface area contributed by atoms with Crippen molar-refractivity contribution in [1.29, 1.82) is 0 Å². The number of rotatable bonds is 4.